The van der Waals surface area contributed by atoms with Crippen LogP contribution in [0.4, 0.5) is 37.0 Å². The number of nitrogens with one attached hydrogen (secondary N) is 2. The average Bonchev–Trinajstić information content (AvgIpc) is 3.61. The summed E-state index contributed by atoms with van der Waals surface area (Å²) in [7, 11) is 0. The highest BCUT2D eigenvalue weighted by Gasteiger charge is 2.38. The second-order valence-electron chi connectivity index (χ2n) is 13.3. The van der Waals surface area contributed by atoms with Crippen LogP contribution in [0.1, 0.15) is 53.6 Å². The Bertz CT molecular complexity index is 1880. The van der Waals surface area contributed by atoms with E-state index in [1.54, 1.807) is 32.9 Å². The van der Waals surface area contributed by atoms with Crippen molar-refractivity contribution in [3.63, 3.8) is 0 Å². The zero-order valence-corrected chi connectivity index (χ0v) is 31.7. The molecule has 3 aromatic rings. The summed E-state index contributed by atoms with van der Waals surface area (Å²) in [4.78, 5) is 42.3. The summed E-state index contributed by atoms with van der Waals surface area (Å²) in [5.41, 5.74) is -3.01. The molecule has 0 bridgehead atoms. The van der Waals surface area contributed by atoms with Gasteiger partial charge in [0.05, 0.1) is 39.8 Å². The van der Waals surface area contributed by atoms with E-state index in [1.807, 2.05) is 0 Å². The molecule has 0 spiro atoms. The molecule has 54 heavy (non-hydrogen) atoms. The molecule has 9 nitrogen and oxygen atoms in total. The normalized spacial score (nSPS) is 16.6. The third-order valence-corrected chi connectivity index (χ3v) is 10.4. The number of nitrogens with zero attached hydrogens (tertiary/aromatic N) is 2. The van der Waals surface area contributed by atoms with Gasteiger partial charge in [-0.15, -0.1) is 11.3 Å². The Morgan fingerprint density at radius 3 is 2.17 bits per heavy atom. The molecule has 290 valence electrons. The van der Waals surface area contributed by atoms with Gasteiger partial charge in [0.25, 0.3) is 5.91 Å². The number of hydrogen-bond acceptors (Lipinski definition) is 10. The topological polar surface area (TPSA) is 100 Å². The van der Waals surface area contributed by atoms with Crippen molar-refractivity contribution in [1.29, 1.82) is 0 Å². The number of halogens is 6. The van der Waals surface area contributed by atoms with Crippen molar-refractivity contribution >= 4 is 74.2 Å². The monoisotopic (exact) mass is 814 g/mol. The summed E-state index contributed by atoms with van der Waals surface area (Å²) in [6, 6.07) is 8.98. The van der Waals surface area contributed by atoms with Crippen molar-refractivity contribution < 1.29 is 50.2 Å². The van der Waals surface area contributed by atoms with Crippen LogP contribution in [0.5, 0.6) is 0 Å². The van der Waals surface area contributed by atoms with E-state index in [-0.39, 0.29) is 39.4 Å². The zero-order chi connectivity index (χ0) is 39.4. The van der Waals surface area contributed by atoms with E-state index in [9.17, 15) is 40.7 Å². The van der Waals surface area contributed by atoms with Gasteiger partial charge < -0.3 is 20.1 Å². The molecule has 2 aliphatic heterocycles. The first-order valence-corrected chi connectivity index (χ1v) is 18.7. The summed E-state index contributed by atoms with van der Waals surface area (Å²) in [6.07, 6.45) is -8.71. The summed E-state index contributed by atoms with van der Waals surface area (Å²) >= 11 is 7.44. The van der Waals surface area contributed by atoms with Crippen LogP contribution in [0.2, 0.25) is 0 Å². The van der Waals surface area contributed by atoms with Gasteiger partial charge >= 0.3 is 18.3 Å². The van der Waals surface area contributed by atoms with Crippen LogP contribution in [0.25, 0.3) is 17.2 Å². The third-order valence-electron chi connectivity index (χ3n) is 7.98. The molecule has 2 N–H and O–H groups in total. The minimum Gasteiger partial charge on any atom is -0.456 e. The van der Waals surface area contributed by atoms with Crippen LogP contribution in [-0.4, -0.2) is 83.4 Å². The van der Waals surface area contributed by atoms with Gasteiger partial charge in [0.15, 0.2) is 0 Å². The lowest BCUT2D eigenvalue weighted by Crippen LogP contribution is -2.38. The average molecular weight is 815 g/mol. The van der Waals surface area contributed by atoms with Crippen LogP contribution < -0.4 is 10.6 Å². The molecule has 2 saturated heterocycles. The van der Waals surface area contributed by atoms with E-state index in [0.717, 1.165) is 23.1 Å². The molecule has 2 amide bonds. The molecule has 2 fully saturated rings. The number of amides is 2. The van der Waals surface area contributed by atoms with Gasteiger partial charge in [-0.2, -0.15) is 26.3 Å². The summed E-state index contributed by atoms with van der Waals surface area (Å²) < 4.78 is 93.4. The minimum atomic E-state index is -5.03. The molecule has 2 aromatic carbocycles. The fraction of sp³-hybridized carbons (Fsp3) is 0.389. The maximum atomic E-state index is 13.8. The van der Waals surface area contributed by atoms with Crippen LogP contribution in [0.3, 0.4) is 0 Å². The summed E-state index contributed by atoms with van der Waals surface area (Å²) in [5.74, 6) is -1.44. The summed E-state index contributed by atoms with van der Waals surface area (Å²) in [6.45, 7) is 8.54. The maximum Gasteiger partial charge on any atom is 0.416 e. The molecule has 18 heteroatoms. The van der Waals surface area contributed by atoms with Crippen molar-refractivity contribution in [2.75, 3.05) is 56.6 Å². The molecule has 2 aliphatic rings. The van der Waals surface area contributed by atoms with Gasteiger partial charge in [-0.05, 0) is 80.9 Å². The molecule has 0 saturated carbocycles. The fourth-order valence-corrected chi connectivity index (χ4v) is 7.80. The Hall–Kier alpha value is -3.97. The van der Waals surface area contributed by atoms with Crippen LogP contribution in [0, 0.1) is 0 Å². The number of esters is 1. The Kier molecular flexibility index (Phi) is 12.8. The van der Waals surface area contributed by atoms with Crippen LogP contribution >= 0.6 is 35.3 Å². The molecule has 0 radical (unpaired) electrons. The number of carbonyl (C=O) groups is 3. The third kappa shape index (κ3) is 11.1. The van der Waals surface area contributed by atoms with Crippen molar-refractivity contribution in [2.24, 2.45) is 0 Å². The maximum absolute atomic E-state index is 13.8. The van der Waals surface area contributed by atoms with Crippen LogP contribution in [-0.2, 0) is 31.4 Å². The molecule has 0 unspecified atom stereocenters. The van der Waals surface area contributed by atoms with Crippen molar-refractivity contribution in [3.05, 3.63) is 75.0 Å². The second-order valence-corrected chi connectivity index (χ2v) is 16.0. The predicted octanol–water partition coefficient (Wildman–Crippen LogP) is 8.38. The predicted molar refractivity (Wildman–Crippen MR) is 200 cm³/mol. The number of alkyl halides is 6. The van der Waals surface area contributed by atoms with Gasteiger partial charge in [-0.3, -0.25) is 19.4 Å². The van der Waals surface area contributed by atoms with Crippen LogP contribution in [0.15, 0.2) is 53.4 Å². The zero-order valence-electron chi connectivity index (χ0n) is 29.3. The van der Waals surface area contributed by atoms with Gasteiger partial charge in [-0.1, -0.05) is 24.0 Å². The summed E-state index contributed by atoms with van der Waals surface area (Å²) in [5, 5.41) is 6.20. The van der Waals surface area contributed by atoms with Crippen molar-refractivity contribution in [2.45, 2.75) is 45.1 Å². The Labute approximate surface area is 321 Å². The highest BCUT2D eigenvalue weighted by molar-refractivity contribution is 8.26. The number of carbonyl (C=O) groups excluding carboxylic acids is 3. The quantitative estimate of drug-likeness (QED) is 0.0857. The SMILES string of the molecule is CC(C)(C)OC(=O)c1ccc(NC(=O)CCN2C(=O)C(=Cc3cc(-c4cc(C(F)(F)F)cc(C(F)(F)F)c4)c(NCCN4CCOCC4)s3)SC2=S)cc1. The number of benzene rings is 2. The Morgan fingerprint density at radius 1 is 0.944 bits per heavy atom. The number of thiocarbonyl (C=S) groups is 1. The standard InChI is InChI=1S/C36H36F6N4O5S3/c1-34(2,3)51-32(49)21-4-6-25(7-5-21)44-29(47)8-10-46-31(48)28(54-33(46)52)20-26-19-27(30(53-26)43-9-11-45-12-14-50-15-13-45)22-16-23(35(37,38)39)18-24(17-22)36(40,41)42/h4-7,16-20,43H,8-15H2,1-3H3,(H,44,47). The largest absolute Gasteiger partial charge is 0.456 e. The van der Waals surface area contributed by atoms with Gasteiger partial charge in [-0.25, -0.2) is 4.79 Å². The van der Waals surface area contributed by atoms with Crippen molar-refractivity contribution in [1.82, 2.24) is 9.80 Å². The molecule has 0 atom stereocenters. The van der Waals surface area contributed by atoms with E-state index >= 15 is 0 Å². The number of morpholine rings is 1. The smallest absolute Gasteiger partial charge is 0.416 e. The lowest BCUT2D eigenvalue weighted by atomic mass is 10.00. The van der Waals surface area contributed by atoms with Crippen molar-refractivity contribution in [3.8, 4) is 11.1 Å². The van der Waals surface area contributed by atoms with Gasteiger partial charge in [0, 0.05) is 55.3 Å². The molecule has 3 heterocycles. The number of thioether (sulfide) groups is 1. The molecule has 5 rings (SSSR count). The van der Waals surface area contributed by atoms with E-state index in [4.69, 9.17) is 21.7 Å². The number of hydrogen-bond donors (Lipinski definition) is 2. The molecular weight excluding hydrogens is 779 g/mol. The lowest BCUT2D eigenvalue weighted by Gasteiger charge is -2.26. The Morgan fingerprint density at radius 2 is 1.57 bits per heavy atom. The number of rotatable bonds is 11. The molecular formula is C36H36F6N4O5S3. The van der Waals surface area contributed by atoms with E-state index < -0.39 is 46.9 Å². The highest BCUT2D eigenvalue weighted by Crippen LogP contribution is 2.44. The van der Waals surface area contributed by atoms with E-state index in [1.165, 1.54) is 29.2 Å². The first-order chi connectivity index (χ1) is 25.3. The first kappa shape index (κ1) is 41.2. The van der Waals surface area contributed by atoms with E-state index in [0.29, 0.717) is 72.7 Å². The highest BCUT2D eigenvalue weighted by atomic mass is 32.2. The van der Waals surface area contributed by atoms with Gasteiger partial charge in [0.1, 0.15) is 9.92 Å². The second kappa shape index (κ2) is 16.8. The fourth-order valence-electron chi connectivity index (χ4n) is 5.38. The number of ether oxygens (including phenoxy) is 2. The van der Waals surface area contributed by atoms with E-state index in [2.05, 4.69) is 15.5 Å². The minimum absolute atomic E-state index is 0.0572. The lowest BCUT2D eigenvalue weighted by molar-refractivity contribution is -0.143. The number of thiophene rings is 1. The molecule has 1 aromatic heterocycles. The Balaban J connectivity index is 1.31. The number of anilines is 2. The first-order valence-electron chi connectivity index (χ1n) is 16.6. The van der Waals surface area contributed by atoms with Gasteiger partial charge in [0.2, 0.25) is 5.91 Å². The molecule has 0 aliphatic carbocycles.